The van der Waals surface area contributed by atoms with Crippen molar-refractivity contribution in [2.75, 3.05) is 5.32 Å². The van der Waals surface area contributed by atoms with E-state index in [4.69, 9.17) is 0 Å². The van der Waals surface area contributed by atoms with E-state index >= 15 is 0 Å². The maximum Gasteiger partial charge on any atom is 0.348 e. The normalized spacial score (nSPS) is 10.6. The maximum atomic E-state index is 11.7. The second kappa shape index (κ2) is 6.45. The Kier molecular flexibility index (Phi) is 4.64. The van der Waals surface area contributed by atoms with E-state index in [1.54, 1.807) is 24.4 Å². The molecule has 2 N–H and O–H groups in total. The molecule has 110 valence electrons. The number of aromatic nitrogens is 2. The number of nitrogens with zero attached hydrogens (tertiary/aromatic N) is 2. The van der Waals surface area contributed by atoms with E-state index < -0.39 is 5.97 Å². The highest BCUT2D eigenvalue weighted by Crippen LogP contribution is 2.30. The van der Waals surface area contributed by atoms with Gasteiger partial charge in [-0.25, -0.2) is 9.78 Å². The van der Waals surface area contributed by atoms with E-state index in [-0.39, 0.29) is 27.5 Å². The van der Waals surface area contributed by atoms with Crippen LogP contribution in [0.2, 0.25) is 0 Å². The van der Waals surface area contributed by atoms with Crippen LogP contribution >= 0.6 is 11.3 Å². The first kappa shape index (κ1) is 15.1. The van der Waals surface area contributed by atoms with Crippen LogP contribution in [0.5, 0.6) is 0 Å². The second-order valence-corrected chi connectivity index (χ2v) is 5.86. The van der Waals surface area contributed by atoms with Crippen LogP contribution in [0, 0.1) is 5.92 Å². The van der Waals surface area contributed by atoms with Gasteiger partial charge in [-0.1, -0.05) is 31.3 Å². The highest BCUT2D eigenvalue weighted by Gasteiger charge is 2.20. The summed E-state index contributed by atoms with van der Waals surface area (Å²) in [4.78, 5) is 31.4. The van der Waals surface area contributed by atoms with Crippen molar-refractivity contribution in [3.05, 3.63) is 29.3 Å². The van der Waals surface area contributed by atoms with Crippen molar-refractivity contribution in [3.8, 4) is 11.4 Å². The zero-order chi connectivity index (χ0) is 15.4. The standard InChI is InChI=1S/C14H15N3O3S/c1-8(2)7-10(18)16-14-17-11(12(21-14)13(19)20)9-5-3-4-6-15-9/h3-6,8H,7H2,1-2H3,(H,19,20)(H,16,17,18). The minimum absolute atomic E-state index is 0.0635. The molecule has 0 fully saturated rings. The first-order valence-electron chi connectivity index (χ1n) is 6.42. The van der Waals surface area contributed by atoms with Gasteiger partial charge in [0.2, 0.25) is 5.91 Å². The summed E-state index contributed by atoms with van der Waals surface area (Å²) in [6.07, 6.45) is 1.93. The van der Waals surface area contributed by atoms with Crippen LogP contribution in [0.3, 0.4) is 0 Å². The predicted octanol–water partition coefficient (Wildman–Crippen LogP) is 2.89. The molecule has 0 saturated heterocycles. The quantitative estimate of drug-likeness (QED) is 0.886. The van der Waals surface area contributed by atoms with Crippen molar-refractivity contribution in [1.82, 2.24) is 9.97 Å². The van der Waals surface area contributed by atoms with Gasteiger partial charge in [0.25, 0.3) is 0 Å². The lowest BCUT2D eigenvalue weighted by atomic mass is 10.1. The Morgan fingerprint density at radius 1 is 1.38 bits per heavy atom. The number of pyridine rings is 1. The van der Waals surface area contributed by atoms with E-state index in [0.29, 0.717) is 12.1 Å². The van der Waals surface area contributed by atoms with Crippen molar-refractivity contribution in [2.24, 2.45) is 5.92 Å². The molecular weight excluding hydrogens is 290 g/mol. The van der Waals surface area contributed by atoms with Gasteiger partial charge in [0.05, 0.1) is 5.69 Å². The molecule has 21 heavy (non-hydrogen) atoms. The summed E-state index contributed by atoms with van der Waals surface area (Å²) >= 11 is 0.935. The van der Waals surface area contributed by atoms with Crippen LogP contribution in [-0.2, 0) is 4.79 Å². The molecule has 0 bridgehead atoms. The molecule has 2 aromatic heterocycles. The van der Waals surface area contributed by atoms with Gasteiger partial charge in [0, 0.05) is 12.6 Å². The third-order valence-electron chi connectivity index (χ3n) is 2.57. The molecule has 7 heteroatoms. The van der Waals surface area contributed by atoms with Gasteiger partial charge in [-0.3, -0.25) is 9.78 Å². The van der Waals surface area contributed by atoms with Crippen LogP contribution in [-0.4, -0.2) is 27.0 Å². The first-order valence-corrected chi connectivity index (χ1v) is 7.24. The number of aromatic carboxylic acids is 1. The summed E-state index contributed by atoms with van der Waals surface area (Å²) < 4.78 is 0. The van der Waals surface area contributed by atoms with E-state index in [9.17, 15) is 14.7 Å². The average Bonchev–Trinajstić information content (AvgIpc) is 2.82. The van der Waals surface area contributed by atoms with E-state index in [0.717, 1.165) is 11.3 Å². The van der Waals surface area contributed by atoms with Crippen LogP contribution < -0.4 is 5.32 Å². The largest absolute Gasteiger partial charge is 0.477 e. The molecule has 0 atom stereocenters. The summed E-state index contributed by atoms with van der Waals surface area (Å²) in [5.41, 5.74) is 0.739. The Bertz CT molecular complexity index is 653. The van der Waals surface area contributed by atoms with Gasteiger partial charge in [-0.2, -0.15) is 0 Å². The number of carboxylic acid groups (broad SMARTS) is 1. The number of carbonyl (C=O) groups is 2. The number of nitrogens with one attached hydrogen (secondary N) is 1. The number of thiazole rings is 1. The number of carbonyl (C=O) groups excluding carboxylic acids is 1. The SMILES string of the molecule is CC(C)CC(=O)Nc1nc(-c2ccccn2)c(C(=O)O)s1. The molecular formula is C14H15N3O3S. The lowest BCUT2D eigenvalue weighted by molar-refractivity contribution is -0.116. The molecule has 0 unspecified atom stereocenters. The molecule has 0 spiro atoms. The molecule has 0 radical (unpaired) electrons. The Morgan fingerprint density at radius 3 is 2.71 bits per heavy atom. The molecule has 2 rings (SSSR count). The van der Waals surface area contributed by atoms with Gasteiger partial charge in [0.15, 0.2) is 5.13 Å². The average molecular weight is 305 g/mol. The molecule has 0 saturated carbocycles. The summed E-state index contributed by atoms with van der Waals surface area (Å²) in [6.45, 7) is 3.87. The second-order valence-electron chi connectivity index (χ2n) is 4.86. The number of hydrogen-bond donors (Lipinski definition) is 2. The summed E-state index contributed by atoms with van der Waals surface area (Å²) in [5.74, 6) is -1.04. The zero-order valence-corrected chi connectivity index (χ0v) is 12.5. The number of hydrogen-bond acceptors (Lipinski definition) is 5. The number of anilines is 1. The fourth-order valence-corrected chi connectivity index (χ4v) is 2.57. The maximum absolute atomic E-state index is 11.7. The van der Waals surface area contributed by atoms with Gasteiger partial charge in [-0.15, -0.1) is 0 Å². The fourth-order valence-electron chi connectivity index (χ4n) is 1.74. The van der Waals surface area contributed by atoms with Crippen molar-refractivity contribution in [1.29, 1.82) is 0 Å². The van der Waals surface area contributed by atoms with Crippen LogP contribution in [0.25, 0.3) is 11.4 Å². The van der Waals surface area contributed by atoms with Gasteiger partial charge >= 0.3 is 5.97 Å². The Morgan fingerprint density at radius 2 is 2.14 bits per heavy atom. The lowest BCUT2D eigenvalue weighted by Crippen LogP contribution is -2.13. The molecule has 2 aromatic rings. The van der Waals surface area contributed by atoms with Gasteiger partial charge in [-0.05, 0) is 18.1 Å². The van der Waals surface area contributed by atoms with Crippen molar-refractivity contribution in [3.63, 3.8) is 0 Å². The third kappa shape index (κ3) is 3.85. The van der Waals surface area contributed by atoms with Crippen molar-refractivity contribution < 1.29 is 14.7 Å². The number of carboxylic acids is 1. The van der Waals surface area contributed by atoms with Gasteiger partial charge in [0.1, 0.15) is 10.6 Å². The topological polar surface area (TPSA) is 92.2 Å². The molecule has 0 aliphatic carbocycles. The van der Waals surface area contributed by atoms with E-state index in [1.165, 1.54) is 0 Å². The van der Waals surface area contributed by atoms with E-state index in [1.807, 2.05) is 13.8 Å². The highest BCUT2D eigenvalue weighted by molar-refractivity contribution is 7.18. The Labute approximate surface area is 125 Å². The molecule has 0 aliphatic heterocycles. The fraction of sp³-hybridized carbons (Fsp3) is 0.286. The monoisotopic (exact) mass is 305 g/mol. The highest BCUT2D eigenvalue weighted by atomic mass is 32.1. The predicted molar refractivity (Wildman–Crippen MR) is 80.4 cm³/mol. The van der Waals surface area contributed by atoms with Crippen LogP contribution in [0.1, 0.15) is 29.9 Å². The van der Waals surface area contributed by atoms with Crippen LogP contribution in [0.4, 0.5) is 5.13 Å². The number of amides is 1. The van der Waals surface area contributed by atoms with Crippen LogP contribution in [0.15, 0.2) is 24.4 Å². The molecule has 1 amide bonds. The smallest absolute Gasteiger partial charge is 0.348 e. The molecule has 0 aromatic carbocycles. The Balaban J connectivity index is 2.30. The zero-order valence-electron chi connectivity index (χ0n) is 11.7. The first-order chi connectivity index (χ1) is 9.97. The summed E-state index contributed by atoms with van der Waals surface area (Å²) in [5, 5.41) is 12.2. The number of rotatable bonds is 5. The minimum Gasteiger partial charge on any atom is -0.477 e. The summed E-state index contributed by atoms with van der Waals surface area (Å²) in [7, 11) is 0. The van der Waals surface area contributed by atoms with E-state index in [2.05, 4.69) is 15.3 Å². The molecule has 0 aliphatic rings. The third-order valence-corrected chi connectivity index (χ3v) is 3.53. The van der Waals surface area contributed by atoms with Crippen molar-refractivity contribution in [2.45, 2.75) is 20.3 Å². The summed E-state index contributed by atoms with van der Waals surface area (Å²) in [6, 6.07) is 5.17. The molecule has 6 nitrogen and oxygen atoms in total. The Hall–Kier alpha value is -2.28. The minimum atomic E-state index is -1.09. The molecule has 2 heterocycles. The van der Waals surface area contributed by atoms with Gasteiger partial charge < -0.3 is 10.4 Å². The van der Waals surface area contributed by atoms with Crippen molar-refractivity contribution >= 4 is 28.3 Å². The lowest BCUT2D eigenvalue weighted by Gasteiger charge is -2.03.